The minimum atomic E-state index is -0.444. The molecule has 29 heavy (non-hydrogen) atoms. The molecule has 2 aromatic heterocycles. The Bertz CT molecular complexity index is 1150. The molecule has 0 aliphatic heterocycles. The molecule has 0 amide bonds. The molecule has 2 heterocycles. The van der Waals surface area contributed by atoms with Gasteiger partial charge in [-0.3, -0.25) is 0 Å². The van der Waals surface area contributed by atoms with Crippen LogP contribution in [0.2, 0.25) is 0 Å². The number of aryl methyl sites for hydroxylation is 1. The van der Waals surface area contributed by atoms with Crippen LogP contribution in [0.4, 0.5) is 0 Å². The van der Waals surface area contributed by atoms with E-state index in [1.165, 1.54) is 0 Å². The summed E-state index contributed by atoms with van der Waals surface area (Å²) in [6.45, 7) is 4.62. The molecule has 148 valence electrons. The van der Waals surface area contributed by atoms with E-state index in [9.17, 15) is 4.79 Å². The largest absolute Gasteiger partial charge is 0.496 e. The van der Waals surface area contributed by atoms with Crippen molar-refractivity contribution in [2.45, 2.75) is 20.4 Å². The molecular weight excluding hydrogens is 366 g/mol. The highest BCUT2D eigenvalue weighted by molar-refractivity contribution is 5.89. The summed E-state index contributed by atoms with van der Waals surface area (Å²) in [7, 11) is 1.68. The fourth-order valence-electron chi connectivity index (χ4n) is 3.56. The number of hydrogen-bond donors (Lipinski definition) is 0. The van der Waals surface area contributed by atoms with Crippen LogP contribution in [0.1, 0.15) is 28.8 Å². The standard InChI is InChI=1S/C24H23NO4/c1-4-28-24(26)22-11-10-19(29-22)15-25-20-12-16(2)23(27-3)14-18(20)13-21(25)17-8-6-5-7-9-17/h5-14H,4,15H2,1-3H3. The number of nitrogens with zero attached hydrogens (tertiary/aromatic N) is 1. The Morgan fingerprint density at radius 2 is 1.86 bits per heavy atom. The normalized spacial score (nSPS) is 11.0. The number of carbonyl (C=O) groups excluding carboxylic acids is 1. The number of esters is 1. The Morgan fingerprint density at radius 3 is 2.59 bits per heavy atom. The van der Waals surface area contributed by atoms with Crippen molar-refractivity contribution in [2.75, 3.05) is 13.7 Å². The topological polar surface area (TPSA) is 53.6 Å². The molecule has 0 saturated carbocycles. The molecular formula is C24H23NO4. The lowest BCUT2D eigenvalue weighted by Crippen LogP contribution is -2.03. The summed E-state index contributed by atoms with van der Waals surface area (Å²) in [4.78, 5) is 11.9. The molecule has 0 unspecified atom stereocenters. The van der Waals surface area contributed by atoms with E-state index in [4.69, 9.17) is 13.9 Å². The molecule has 2 aromatic carbocycles. The summed E-state index contributed by atoms with van der Waals surface area (Å²) in [6, 6.07) is 20.0. The van der Waals surface area contributed by atoms with Gasteiger partial charge in [-0.15, -0.1) is 0 Å². The highest BCUT2D eigenvalue weighted by atomic mass is 16.5. The van der Waals surface area contributed by atoms with Crippen LogP contribution in [-0.4, -0.2) is 24.3 Å². The van der Waals surface area contributed by atoms with Crippen LogP contribution in [0.3, 0.4) is 0 Å². The van der Waals surface area contributed by atoms with E-state index < -0.39 is 5.97 Å². The quantitative estimate of drug-likeness (QED) is 0.412. The number of furan rings is 1. The van der Waals surface area contributed by atoms with Crippen molar-refractivity contribution < 1.29 is 18.7 Å². The molecule has 0 spiro atoms. The van der Waals surface area contributed by atoms with Crippen molar-refractivity contribution in [1.29, 1.82) is 0 Å². The van der Waals surface area contributed by atoms with Gasteiger partial charge < -0.3 is 18.5 Å². The highest BCUT2D eigenvalue weighted by Crippen LogP contribution is 2.33. The number of ether oxygens (including phenoxy) is 2. The third kappa shape index (κ3) is 3.63. The van der Waals surface area contributed by atoms with Crippen LogP contribution in [0.25, 0.3) is 22.2 Å². The highest BCUT2D eigenvalue weighted by Gasteiger charge is 2.17. The average molecular weight is 389 g/mol. The molecule has 0 bridgehead atoms. The molecule has 0 saturated heterocycles. The molecule has 4 aromatic rings. The minimum absolute atomic E-state index is 0.220. The second-order valence-electron chi connectivity index (χ2n) is 6.85. The zero-order valence-electron chi connectivity index (χ0n) is 16.8. The van der Waals surface area contributed by atoms with E-state index in [1.807, 2.05) is 31.2 Å². The van der Waals surface area contributed by atoms with Gasteiger partial charge in [0.2, 0.25) is 5.76 Å². The van der Waals surface area contributed by atoms with Gasteiger partial charge in [0.25, 0.3) is 0 Å². The predicted molar refractivity (Wildman–Crippen MR) is 112 cm³/mol. The van der Waals surface area contributed by atoms with Crippen molar-refractivity contribution in [2.24, 2.45) is 0 Å². The lowest BCUT2D eigenvalue weighted by atomic mass is 10.1. The van der Waals surface area contributed by atoms with E-state index in [1.54, 1.807) is 20.1 Å². The molecule has 5 heteroatoms. The third-order valence-corrected chi connectivity index (χ3v) is 4.94. The van der Waals surface area contributed by atoms with Crippen LogP contribution in [-0.2, 0) is 11.3 Å². The molecule has 0 aliphatic rings. The fraction of sp³-hybridized carbons (Fsp3) is 0.208. The lowest BCUT2D eigenvalue weighted by Gasteiger charge is -2.11. The number of carbonyl (C=O) groups is 1. The Morgan fingerprint density at radius 1 is 1.07 bits per heavy atom. The summed E-state index contributed by atoms with van der Waals surface area (Å²) < 4.78 is 18.5. The maximum atomic E-state index is 11.9. The van der Waals surface area contributed by atoms with Crippen LogP contribution in [0, 0.1) is 6.92 Å². The van der Waals surface area contributed by atoms with E-state index >= 15 is 0 Å². The van der Waals surface area contributed by atoms with Crippen molar-refractivity contribution in [3.63, 3.8) is 0 Å². The van der Waals surface area contributed by atoms with E-state index in [0.29, 0.717) is 18.9 Å². The van der Waals surface area contributed by atoms with E-state index in [2.05, 4.69) is 34.9 Å². The van der Waals surface area contributed by atoms with Crippen molar-refractivity contribution in [3.05, 3.63) is 77.7 Å². The Balaban J connectivity index is 1.81. The maximum Gasteiger partial charge on any atom is 0.374 e. The second kappa shape index (κ2) is 7.87. The van der Waals surface area contributed by atoms with Gasteiger partial charge in [0.1, 0.15) is 11.5 Å². The number of benzene rings is 2. The SMILES string of the molecule is CCOC(=O)c1ccc(Cn2c(-c3ccccc3)cc3cc(OC)c(C)cc32)o1. The summed E-state index contributed by atoms with van der Waals surface area (Å²) in [5.41, 5.74) is 4.32. The first kappa shape index (κ1) is 18.9. The van der Waals surface area contributed by atoms with Gasteiger partial charge in [-0.05, 0) is 55.3 Å². The molecule has 0 aliphatic carbocycles. The Labute approximate surface area is 169 Å². The number of hydrogen-bond acceptors (Lipinski definition) is 4. The predicted octanol–water partition coefficient (Wildman–Crippen LogP) is 5.44. The second-order valence-corrected chi connectivity index (χ2v) is 6.85. The first-order chi connectivity index (χ1) is 14.1. The number of methoxy groups -OCH3 is 1. The Hall–Kier alpha value is -3.47. The van der Waals surface area contributed by atoms with Crippen molar-refractivity contribution >= 4 is 16.9 Å². The molecule has 0 N–H and O–H groups in total. The molecule has 0 fully saturated rings. The van der Waals surface area contributed by atoms with Gasteiger partial charge in [0, 0.05) is 16.6 Å². The van der Waals surface area contributed by atoms with Gasteiger partial charge in [0.15, 0.2) is 0 Å². The first-order valence-electron chi connectivity index (χ1n) is 9.60. The summed E-state index contributed by atoms with van der Waals surface area (Å²) in [6.07, 6.45) is 0. The smallest absolute Gasteiger partial charge is 0.374 e. The van der Waals surface area contributed by atoms with Gasteiger partial charge in [-0.1, -0.05) is 30.3 Å². The molecule has 0 radical (unpaired) electrons. The molecule has 4 rings (SSSR count). The number of rotatable bonds is 6. The van der Waals surface area contributed by atoms with E-state index in [-0.39, 0.29) is 5.76 Å². The zero-order valence-corrected chi connectivity index (χ0v) is 16.8. The summed E-state index contributed by atoms with van der Waals surface area (Å²) in [5, 5.41) is 1.09. The van der Waals surface area contributed by atoms with Crippen molar-refractivity contribution in [3.8, 4) is 17.0 Å². The third-order valence-electron chi connectivity index (χ3n) is 4.94. The van der Waals surface area contributed by atoms with Crippen LogP contribution in [0.5, 0.6) is 5.75 Å². The summed E-state index contributed by atoms with van der Waals surface area (Å²) in [5.74, 6) is 1.32. The minimum Gasteiger partial charge on any atom is -0.496 e. The molecule has 5 nitrogen and oxygen atoms in total. The fourth-order valence-corrected chi connectivity index (χ4v) is 3.56. The maximum absolute atomic E-state index is 11.9. The zero-order chi connectivity index (χ0) is 20.4. The van der Waals surface area contributed by atoms with Crippen molar-refractivity contribution in [1.82, 2.24) is 4.57 Å². The van der Waals surface area contributed by atoms with Gasteiger partial charge in [-0.25, -0.2) is 4.79 Å². The first-order valence-corrected chi connectivity index (χ1v) is 9.60. The van der Waals surface area contributed by atoms with Gasteiger partial charge in [0.05, 0.1) is 20.3 Å². The van der Waals surface area contributed by atoms with Gasteiger partial charge >= 0.3 is 5.97 Å². The lowest BCUT2D eigenvalue weighted by molar-refractivity contribution is 0.0488. The summed E-state index contributed by atoms with van der Waals surface area (Å²) >= 11 is 0. The Kier molecular flexibility index (Phi) is 5.12. The monoisotopic (exact) mass is 389 g/mol. The van der Waals surface area contributed by atoms with E-state index in [0.717, 1.165) is 33.5 Å². The van der Waals surface area contributed by atoms with Gasteiger partial charge in [-0.2, -0.15) is 0 Å². The number of fused-ring (bicyclic) bond motifs is 1. The average Bonchev–Trinajstić information content (AvgIpc) is 3.34. The van der Waals surface area contributed by atoms with Crippen LogP contribution >= 0.6 is 0 Å². The van der Waals surface area contributed by atoms with Crippen LogP contribution in [0.15, 0.2) is 65.1 Å². The molecule has 0 atom stereocenters. The van der Waals surface area contributed by atoms with Crippen LogP contribution < -0.4 is 4.74 Å². The number of aromatic nitrogens is 1.